The Balaban J connectivity index is 2.35. The van der Waals surface area contributed by atoms with Crippen molar-refractivity contribution in [2.45, 2.75) is 24.5 Å². The van der Waals surface area contributed by atoms with Gasteiger partial charge in [-0.25, -0.2) is 4.99 Å². The van der Waals surface area contributed by atoms with Crippen LogP contribution in [-0.4, -0.2) is 64.8 Å². The molecule has 7 nitrogen and oxygen atoms in total. The maximum absolute atomic E-state index is 9.97. The molecule has 1 fully saturated rings. The molecule has 4 atom stereocenters. The highest BCUT2D eigenvalue weighted by Crippen LogP contribution is 2.34. The number of aliphatic hydroxyl groups excluding tert-OH is 3. The molecule has 19 heavy (non-hydrogen) atoms. The van der Waals surface area contributed by atoms with E-state index in [9.17, 15) is 10.2 Å². The van der Waals surface area contributed by atoms with E-state index in [2.05, 4.69) is 16.7 Å². The molecule has 0 unspecified atom stereocenters. The van der Waals surface area contributed by atoms with Crippen LogP contribution in [0, 0.1) is 0 Å². The van der Waals surface area contributed by atoms with Gasteiger partial charge in [-0.1, -0.05) is 0 Å². The van der Waals surface area contributed by atoms with E-state index in [0.29, 0.717) is 5.82 Å². The van der Waals surface area contributed by atoms with Crippen molar-refractivity contribution >= 4 is 18.7 Å². The second kappa shape index (κ2) is 5.62. The van der Waals surface area contributed by atoms with Gasteiger partial charge in [-0.3, -0.25) is 4.99 Å². The number of rotatable bonds is 4. The van der Waals surface area contributed by atoms with Gasteiger partial charge in [-0.2, -0.15) is 0 Å². The lowest BCUT2D eigenvalue weighted by atomic mass is 10.1. The molecule has 0 saturated carbocycles. The van der Waals surface area contributed by atoms with E-state index in [1.54, 1.807) is 30.1 Å². The van der Waals surface area contributed by atoms with Crippen LogP contribution < -0.4 is 0 Å². The Morgan fingerprint density at radius 3 is 2.74 bits per heavy atom. The van der Waals surface area contributed by atoms with Crippen molar-refractivity contribution in [3.05, 3.63) is 17.8 Å². The van der Waals surface area contributed by atoms with Crippen LogP contribution in [0.4, 0.5) is 5.82 Å². The first-order valence-corrected chi connectivity index (χ1v) is 5.86. The second-order valence-corrected chi connectivity index (χ2v) is 4.28. The SMILES string of the molecule is C=Nc1c(C=NC)ccn1[C@@H]1O[C@H](CO)[C@@H](O)[C@H]1O. The molecule has 0 radical (unpaired) electrons. The summed E-state index contributed by atoms with van der Waals surface area (Å²) in [5.74, 6) is 0.487. The third-order valence-corrected chi connectivity index (χ3v) is 3.13. The summed E-state index contributed by atoms with van der Waals surface area (Å²) in [7, 11) is 1.64. The summed E-state index contributed by atoms with van der Waals surface area (Å²) in [4.78, 5) is 7.79. The highest BCUT2D eigenvalue weighted by atomic mass is 16.6. The average molecular weight is 267 g/mol. The number of aliphatic hydroxyl groups is 3. The zero-order valence-corrected chi connectivity index (χ0v) is 10.5. The largest absolute Gasteiger partial charge is 0.394 e. The second-order valence-electron chi connectivity index (χ2n) is 4.28. The Bertz CT molecular complexity index is 485. The van der Waals surface area contributed by atoms with E-state index in [1.165, 1.54) is 0 Å². The molecule has 0 bridgehead atoms. The Morgan fingerprint density at radius 2 is 2.21 bits per heavy atom. The molecule has 2 rings (SSSR count). The van der Waals surface area contributed by atoms with Gasteiger partial charge < -0.3 is 24.6 Å². The number of hydrogen-bond acceptors (Lipinski definition) is 6. The Morgan fingerprint density at radius 1 is 1.47 bits per heavy atom. The summed E-state index contributed by atoms with van der Waals surface area (Å²) in [5, 5.41) is 28.8. The molecular weight excluding hydrogens is 250 g/mol. The van der Waals surface area contributed by atoms with E-state index in [0.717, 1.165) is 5.56 Å². The zero-order chi connectivity index (χ0) is 14.0. The summed E-state index contributed by atoms with van der Waals surface area (Å²) in [6.45, 7) is 3.11. The third kappa shape index (κ3) is 2.33. The van der Waals surface area contributed by atoms with Gasteiger partial charge in [0.1, 0.15) is 24.1 Å². The van der Waals surface area contributed by atoms with Gasteiger partial charge >= 0.3 is 0 Å². The number of hydrogen-bond donors (Lipinski definition) is 3. The molecule has 0 aromatic carbocycles. The molecule has 1 aliphatic rings. The third-order valence-electron chi connectivity index (χ3n) is 3.13. The number of aliphatic imine (C=N–C) groups is 2. The van der Waals surface area contributed by atoms with E-state index in [1.807, 2.05) is 0 Å². The first-order chi connectivity index (χ1) is 9.13. The van der Waals surface area contributed by atoms with Crippen LogP contribution in [0.1, 0.15) is 11.8 Å². The lowest BCUT2D eigenvalue weighted by molar-refractivity contribution is -0.0517. The topological polar surface area (TPSA) is 99.6 Å². The molecule has 0 spiro atoms. The van der Waals surface area contributed by atoms with Crippen molar-refractivity contribution in [1.82, 2.24) is 4.57 Å². The molecule has 7 heteroatoms. The van der Waals surface area contributed by atoms with Gasteiger partial charge in [-0.05, 0) is 12.8 Å². The molecule has 1 saturated heterocycles. The smallest absolute Gasteiger partial charge is 0.164 e. The van der Waals surface area contributed by atoms with Crippen molar-refractivity contribution in [2.24, 2.45) is 9.98 Å². The van der Waals surface area contributed by atoms with E-state index in [4.69, 9.17) is 9.84 Å². The van der Waals surface area contributed by atoms with Gasteiger partial charge in [0, 0.05) is 25.0 Å². The summed E-state index contributed by atoms with van der Waals surface area (Å²) in [5.41, 5.74) is 0.732. The maximum atomic E-state index is 9.97. The quantitative estimate of drug-likeness (QED) is 0.639. The molecule has 2 heterocycles. The lowest BCUT2D eigenvalue weighted by Gasteiger charge is -2.18. The van der Waals surface area contributed by atoms with Crippen LogP contribution in [0.15, 0.2) is 22.2 Å². The predicted octanol–water partition coefficient (Wildman–Crippen LogP) is -0.520. The van der Waals surface area contributed by atoms with Crippen molar-refractivity contribution in [2.75, 3.05) is 13.7 Å². The number of nitrogens with zero attached hydrogens (tertiary/aromatic N) is 3. The van der Waals surface area contributed by atoms with Gasteiger partial charge in [0.2, 0.25) is 0 Å². The van der Waals surface area contributed by atoms with Gasteiger partial charge in [-0.15, -0.1) is 0 Å². The van der Waals surface area contributed by atoms with Gasteiger partial charge in [0.15, 0.2) is 6.23 Å². The molecule has 3 N–H and O–H groups in total. The molecule has 1 aliphatic heterocycles. The first kappa shape index (κ1) is 13.9. The number of aromatic nitrogens is 1. The van der Waals surface area contributed by atoms with Crippen molar-refractivity contribution < 1.29 is 20.1 Å². The highest BCUT2D eigenvalue weighted by Gasteiger charge is 2.43. The Labute approximate surface area is 110 Å². The van der Waals surface area contributed by atoms with Crippen molar-refractivity contribution in [1.29, 1.82) is 0 Å². The summed E-state index contributed by atoms with van der Waals surface area (Å²) < 4.78 is 7.00. The normalized spacial score (nSPS) is 31.2. The minimum Gasteiger partial charge on any atom is -0.394 e. The first-order valence-electron chi connectivity index (χ1n) is 5.86. The average Bonchev–Trinajstić information content (AvgIpc) is 2.93. The van der Waals surface area contributed by atoms with Crippen LogP contribution in [0.5, 0.6) is 0 Å². The molecule has 104 valence electrons. The van der Waals surface area contributed by atoms with Crippen LogP contribution in [0.25, 0.3) is 0 Å². The molecule has 1 aromatic rings. The molecule has 0 aliphatic carbocycles. The molecule has 0 amide bonds. The minimum absolute atomic E-state index is 0.365. The standard InChI is InChI=1S/C12H17N3O4/c1-13-5-7-3-4-15(11(7)14-2)12-10(18)9(17)8(6-16)19-12/h3-5,8-10,12,16-18H,2,6H2,1H3/t8-,9-,10-,12-/m1/s1. The lowest BCUT2D eigenvalue weighted by Crippen LogP contribution is -2.33. The highest BCUT2D eigenvalue weighted by molar-refractivity contribution is 5.86. The van der Waals surface area contributed by atoms with Crippen LogP contribution >= 0.6 is 0 Å². The Kier molecular flexibility index (Phi) is 4.11. The van der Waals surface area contributed by atoms with Gasteiger partial charge in [0.25, 0.3) is 0 Å². The van der Waals surface area contributed by atoms with Crippen LogP contribution in [-0.2, 0) is 4.74 Å². The fraction of sp³-hybridized carbons (Fsp3) is 0.500. The molecule has 1 aromatic heterocycles. The van der Waals surface area contributed by atoms with Crippen molar-refractivity contribution in [3.63, 3.8) is 0 Å². The monoisotopic (exact) mass is 267 g/mol. The van der Waals surface area contributed by atoms with Crippen LogP contribution in [0.3, 0.4) is 0 Å². The minimum atomic E-state index is -1.14. The Hall–Kier alpha value is -1.54. The molecular formula is C12H17N3O4. The fourth-order valence-corrected chi connectivity index (χ4v) is 2.18. The van der Waals surface area contributed by atoms with Crippen molar-refractivity contribution in [3.8, 4) is 0 Å². The van der Waals surface area contributed by atoms with Crippen LogP contribution in [0.2, 0.25) is 0 Å². The number of ether oxygens (including phenoxy) is 1. The maximum Gasteiger partial charge on any atom is 0.164 e. The van der Waals surface area contributed by atoms with E-state index in [-0.39, 0.29) is 6.61 Å². The van der Waals surface area contributed by atoms with E-state index >= 15 is 0 Å². The summed E-state index contributed by atoms with van der Waals surface area (Å²) in [6, 6.07) is 1.76. The zero-order valence-electron chi connectivity index (χ0n) is 10.5. The fourth-order valence-electron chi connectivity index (χ4n) is 2.18. The van der Waals surface area contributed by atoms with Gasteiger partial charge in [0.05, 0.1) is 6.61 Å². The van der Waals surface area contributed by atoms with E-state index < -0.39 is 24.5 Å². The predicted molar refractivity (Wildman–Crippen MR) is 70.2 cm³/mol. The summed E-state index contributed by atoms with van der Waals surface area (Å²) in [6.07, 6.45) is -0.631. The summed E-state index contributed by atoms with van der Waals surface area (Å²) >= 11 is 0.